The molecule has 1 saturated carbocycles. The van der Waals surface area contributed by atoms with Crippen LogP contribution in [0.25, 0.3) is 0 Å². The molecule has 1 fully saturated rings. The molecule has 1 aromatic heterocycles. The third-order valence-electron chi connectivity index (χ3n) is 2.97. The Morgan fingerprint density at radius 3 is 2.85 bits per heavy atom. The molecule has 1 heterocycles. The zero-order chi connectivity index (χ0) is 13.8. The number of amides is 1. The van der Waals surface area contributed by atoms with Gasteiger partial charge in [-0.25, -0.2) is 0 Å². The first-order chi connectivity index (χ1) is 9.81. The quantitative estimate of drug-likeness (QED) is 0.887. The minimum atomic E-state index is 0.0632. The Labute approximate surface area is 121 Å². The van der Waals surface area contributed by atoms with Crippen molar-refractivity contribution in [3.8, 4) is 5.75 Å². The van der Waals surface area contributed by atoms with Crippen LogP contribution in [0.3, 0.4) is 0 Å². The predicted molar refractivity (Wildman–Crippen MR) is 76.9 cm³/mol. The summed E-state index contributed by atoms with van der Waals surface area (Å²) in [5, 5.41) is 12.3. The molecule has 0 unspecified atom stereocenters. The summed E-state index contributed by atoms with van der Waals surface area (Å²) in [6.45, 7) is 0.551. The number of hydrogen-bond acceptors (Lipinski definition) is 5. The molecule has 1 aromatic carbocycles. The molecular formula is C14H15N3O2S. The first kappa shape index (κ1) is 13.1. The van der Waals surface area contributed by atoms with Crippen molar-refractivity contribution < 1.29 is 9.53 Å². The van der Waals surface area contributed by atoms with Crippen LogP contribution < -0.4 is 10.1 Å². The summed E-state index contributed by atoms with van der Waals surface area (Å²) >= 11 is 1.41. The number of aromatic nitrogens is 2. The van der Waals surface area contributed by atoms with E-state index in [2.05, 4.69) is 15.5 Å². The van der Waals surface area contributed by atoms with Crippen LogP contribution in [0, 0.1) is 5.92 Å². The first-order valence-electron chi connectivity index (χ1n) is 6.62. The summed E-state index contributed by atoms with van der Waals surface area (Å²) in [6.07, 6.45) is 2.66. The fourth-order valence-electron chi connectivity index (χ4n) is 1.73. The molecule has 2 aromatic rings. The number of nitrogens with one attached hydrogen (secondary N) is 1. The predicted octanol–water partition coefficient (Wildman–Crippen LogP) is 2.51. The molecule has 3 rings (SSSR count). The second kappa shape index (κ2) is 6.00. The average molecular weight is 289 g/mol. The molecule has 0 spiro atoms. The van der Waals surface area contributed by atoms with Gasteiger partial charge in [0.1, 0.15) is 10.8 Å². The summed E-state index contributed by atoms with van der Waals surface area (Å²) in [5.74, 6) is 1.09. The van der Waals surface area contributed by atoms with Crippen LogP contribution in [0.5, 0.6) is 5.75 Å². The van der Waals surface area contributed by atoms with Gasteiger partial charge in [-0.05, 0) is 25.0 Å². The maximum absolute atomic E-state index is 11.6. The van der Waals surface area contributed by atoms with Gasteiger partial charge in [0.05, 0.1) is 6.61 Å². The number of rotatable bonds is 6. The van der Waals surface area contributed by atoms with Crippen molar-refractivity contribution in [2.75, 3.05) is 11.9 Å². The van der Waals surface area contributed by atoms with Crippen molar-refractivity contribution in [2.45, 2.75) is 19.3 Å². The summed E-state index contributed by atoms with van der Waals surface area (Å²) in [7, 11) is 0. The van der Waals surface area contributed by atoms with Gasteiger partial charge < -0.3 is 10.1 Å². The second-order valence-corrected chi connectivity index (χ2v) is 5.74. The lowest BCUT2D eigenvalue weighted by molar-refractivity contribution is -0.117. The van der Waals surface area contributed by atoms with Crippen LogP contribution in [-0.2, 0) is 11.2 Å². The van der Waals surface area contributed by atoms with E-state index in [1.54, 1.807) is 0 Å². The average Bonchev–Trinajstić information content (AvgIpc) is 3.23. The number of benzene rings is 1. The lowest BCUT2D eigenvalue weighted by Gasteiger charge is -2.03. The fourth-order valence-corrected chi connectivity index (χ4v) is 2.45. The summed E-state index contributed by atoms with van der Waals surface area (Å²) in [6, 6.07) is 9.66. The standard InChI is InChI=1S/C14H15N3O2S/c18-13(10-6-7-10)15-14-17-16-12(20-14)8-9-19-11-4-2-1-3-5-11/h1-5,10H,6-9H2,(H,15,17,18). The molecule has 1 N–H and O–H groups in total. The molecule has 0 saturated heterocycles. The lowest BCUT2D eigenvalue weighted by Crippen LogP contribution is -2.12. The highest BCUT2D eigenvalue weighted by Gasteiger charge is 2.30. The van der Waals surface area contributed by atoms with Gasteiger partial charge in [0.2, 0.25) is 11.0 Å². The first-order valence-corrected chi connectivity index (χ1v) is 7.44. The van der Waals surface area contributed by atoms with Gasteiger partial charge in [0.25, 0.3) is 0 Å². The summed E-state index contributed by atoms with van der Waals surface area (Å²) < 4.78 is 5.60. The Kier molecular flexibility index (Phi) is 3.92. The number of hydrogen-bond donors (Lipinski definition) is 1. The highest BCUT2D eigenvalue weighted by Crippen LogP contribution is 2.30. The maximum atomic E-state index is 11.6. The van der Waals surface area contributed by atoms with Crippen molar-refractivity contribution >= 4 is 22.4 Å². The molecule has 104 valence electrons. The Bertz CT molecular complexity index is 581. The highest BCUT2D eigenvalue weighted by molar-refractivity contribution is 7.15. The highest BCUT2D eigenvalue weighted by atomic mass is 32.1. The van der Waals surface area contributed by atoms with Crippen LogP contribution in [0.15, 0.2) is 30.3 Å². The van der Waals surface area contributed by atoms with Crippen LogP contribution >= 0.6 is 11.3 Å². The minimum absolute atomic E-state index is 0.0632. The van der Waals surface area contributed by atoms with E-state index in [4.69, 9.17) is 4.74 Å². The van der Waals surface area contributed by atoms with Gasteiger partial charge >= 0.3 is 0 Å². The molecule has 20 heavy (non-hydrogen) atoms. The van der Waals surface area contributed by atoms with Crippen molar-refractivity contribution in [2.24, 2.45) is 5.92 Å². The summed E-state index contributed by atoms with van der Waals surface area (Å²) in [5.41, 5.74) is 0. The second-order valence-electron chi connectivity index (χ2n) is 4.68. The van der Waals surface area contributed by atoms with Crippen molar-refractivity contribution in [1.29, 1.82) is 0 Å². The van der Waals surface area contributed by atoms with Gasteiger partial charge in [-0.2, -0.15) is 0 Å². The normalized spacial score (nSPS) is 14.0. The molecule has 1 aliphatic carbocycles. The molecule has 0 aliphatic heterocycles. The maximum Gasteiger partial charge on any atom is 0.229 e. The molecule has 6 heteroatoms. The molecule has 1 aliphatic rings. The smallest absolute Gasteiger partial charge is 0.229 e. The van der Waals surface area contributed by atoms with E-state index in [-0.39, 0.29) is 11.8 Å². The van der Waals surface area contributed by atoms with Crippen molar-refractivity contribution in [3.63, 3.8) is 0 Å². The van der Waals surface area contributed by atoms with E-state index in [0.29, 0.717) is 18.2 Å². The van der Waals surface area contributed by atoms with Gasteiger partial charge in [-0.1, -0.05) is 29.5 Å². The minimum Gasteiger partial charge on any atom is -0.493 e. The number of carbonyl (C=O) groups is 1. The molecule has 0 radical (unpaired) electrons. The van der Waals surface area contributed by atoms with Gasteiger partial charge in [0.15, 0.2) is 0 Å². The van der Waals surface area contributed by atoms with E-state index in [1.165, 1.54) is 11.3 Å². The molecular weight excluding hydrogens is 274 g/mol. The lowest BCUT2D eigenvalue weighted by atomic mass is 10.3. The SMILES string of the molecule is O=C(Nc1nnc(CCOc2ccccc2)s1)C1CC1. The van der Waals surface area contributed by atoms with Crippen LogP contribution in [0.2, 0.25) is 0 Å². The van der Waals surface area contributed by atoms with Gasteiger partial charge in [0, 0.05) is 12.3 Å². The fraction of sp³-hybridized carbons (Fsp3) is 0.357. The third-order valence-corrected chi connectivity index (χ3v) is 3.87. The number of nitrogens with zero attached hydrogens (tertiary/aromatic N) is 2. The van der Waals surface area contributed by atoms with Crippen LogP contribution in [0.4, 0.5) is 5.13 Å². The van der Waals surface area contributed by atoms with Gasteiger partial charge in [-0.15, -0.1) is 10.2 Å². The Morgan fingerprint density at radius 1 is 1.30 bits per heavy atom. The van der Waals surface area contributed by atoms with E-state index in [0.717, 1.165) is 23.6 Å². The Hall–Kier alpha value is -1.95. The molecule has 0 bridgehead atoms. The van der Waals surface area contributed by atoms with E-state index < -0.39 is 0 Å². The zero-order valence-electron chi connectivity index (χ0n) is 10.9. The molecule has 5 nitrogen and oxygen atoms in total. The van der Waals surface area contributed by atoms with Crippen LogP contribution in [-0.4, -0.2) is 22.7 Å². The topological polar surface area (TPSA) is 64.1 Å². The van der Waals surface area contributed by atoms with E-state index in [9.17, 15) is 4.79 Å². The van der Waals surface area contributed by atoms with Crippen LogP contribution in [0.1, 0.15) is 17.8 Å². The third kappa shape index (κ3) is 3.54. The van der Waals surface area contributed by atoms with Crippen molar-refractivity contribution in [3.05, 3.63) is 35.3 Å². The van der Waals surface area contributed by atoms with Crippen molar-refractivity contribution in [1.82, 2.24) is 10.2 Å². The van der Waals surface area contributed by atoms with E-state index >= 15 is 0 Å². The zero-order valence-corrected chi connectivity index (χ0v) is 11.7. The molecule has 0 atom stereocenters. The van der Waals surface area contributed by atoms with E-state index in [1.807, 2.05) is 30.3 Å². The number of ether oxygens (including phenoxy) is 1. The number of para-hydroxylation sites is 1. The number of carbonyl (C=O) groups excluding carboxylic acids is 1. The molecule has 1 amide bonds. The number of anilines is 1. The Balaban J connectivity index is 1.46. The Morgan fingerprint density at radius 2 is 2.10 bits per heavy atom. The monoisotopic (exact) mass is 289 g/mol. The largest absolute Gasteiger partial charge is 0.493 e. The summed E-state index contributed by atoms with van der Waals surface area (Å²) in [4.78, 5) is 11.6. The van der Waals surface area contributed by atoms with Gasteiger partial charge in [-0.3, -0.25) is 4.79 Å².